The number of carbonyl (C=O) groups excluding carboxylic acids is 3. The largest absolute Gasteiger partial charge is 0.491 e. The lowest BCUT2D eigenvalue weighted by atomic mass is 9.93. The van der Waals surface area contributed by atoms with Gasteiger partial charge in [-0.1, -0.05) is 23.7 Å². The van der Waals surface area contributed by atoms with Gasteiger partial charge in [-0.2, -0.15) is 0 Å². The highest BCUT2D eigenvalue weighted by Gasteiger charge is 2.30. The van der Waals surface area contributed by atoms with Crippen LogP contribution in [-0.2, 0) is 30.8 Å². The smallest absolute Gasteiger partial charge is 0.257 e. The number of benzene rings is 3. The molecule has 0 saturated carbocycles. The minimum absolute atomic E-state index is 0.00521. The molecule has 288 valence electrons. The first-order valence-electron chi connectivity index (χ1n) is 17.0. The van der Waals surface area contributed by atoms with Crippen LogP contribution in [0.5, 0.6) is 5.75 Å². The monoisotopic (exact) mass is 768 g/mol. The summed E-state index contributed by atoms with van der Waals surface area (Å²) >= 11 is 6.14. The summed E-state index contributed by atoms with van der Waals surface area (Å²) in [5, 5.41) is 2.95. The van der Waals surface area contributed by atoms with Crippen molar-refractivity contribution in [3.8, 4) is 16.9 Å². The molecule has 2 amide bonds. The first kappa shape index (κ1) is 41.8. The topological polar surface area (TPSA) is 166 Å². The highest BCUT2D eigenvalue weighted by atomic mass is 35.5. The van der Waals surface area contributed by atoms with Crippen molar-refractivity contribution in [3.63, 3.8) is 0 Å². The van der Waals surface area contributed by atoms with Gasteiger partial charge in [-0.3, -0.25) is 14.4 Å². The third-order valence-corrected chi connectivity index (χ3v) is 8.14. The van der Waals surface area contributed by atoms with E-state index in [-0.39, 0.29) is 45.8 Å². The standard InChI is InChI=1S/C39H43ClF2N4O8/c1-25-31(41)10-11-32(42)35(25)36-30(39(49)45-33(23-34(44)47)27-4-3-5-28(40)22-27)24-46(2)37(36)38(48)26-6-8-29(9-7-26)54-21-20-53-19-18-52-17-16-51-15-14-50-13-12-43/h3-11,22-24H,12-21,43H2,1-2H3,(H2,44,47)(H,45,49). The molecule has 4 aromatic rings. The Hall–Kier alpha value is -4.96. The third kappa shape index (κ3) is 11.8. The average molecular weight is 769 g/mol. The molecule has 4 rings (SSSR count). The van der Waals surface area contributed by atoms with Gasteiger partial charge in [0.2, 0.25) is 11.7 Å². The summed E-state index contributed by atoms with van der Waals surface area (Å²) in [5.41, 5.74) is 10.6. The molecule has 54 heavy (non-hydrogen) atoms. The van der Waals surface area contributed by atoms with Crippen molar-refractivity contribution in [1.82, 2.24) is 9.88 Å². The number of aromatic nitrogens is 1. The number of hydrogen-bond acceptors (Lipinski definition) is 9. The second-order valence-corrected chi connectivity index (χ2v) is 12.2. The Morgan fingerprint density at radius 3 is 1.98 bits per heavy atom. The van der Waals surface area contributed by atoms with Crippen LogP contribution >= 0.6 is 11.6 Å². The highest BCUT2D eigenvalue weighted by molar-refractivity contribution is 6.30. The van der Waals surface area contributed by atoms with E-state index < -0.39 is 29.2 Å². The lowest BCUT2D eigenvalue weighted by Gasteiger charge is -2.15. The minimum atomic E-state index is -0.856. The van der Waals surface area contributed by atoms with Gasteiger partial charge >= 0.3 is 0 Å². The third-order valence-electron chi connectivity index (χ3n) is 7.90. The summed E-state index contributed by atoms with van der Waals surface area (Å²) in [7, 11) is 1.51. The zero-order valence-corrected chi connectivity index (χ0v) is 30.8. The molecular weight excluding hydrogens is 726 g/mol. The van der Waals surface area contributed by atoms with Crippen LogP contribution in [0.4, 0.5) is 8.78 Å². The maximum Gasteiger partial charge on any atom is 0.257 e. The zero-order valence-electron chi connectivity index (χ0n) is 30.0. The Morgan fingerprint density at radius 1 is 0.796 bits per heavy atom. The van der Waals surface area contributed by atoms with Crippen molar-refractivity contribution >= 4 is 34.9 Å². The van der Waals surface area contributed by atoms with E-state index in [4.69, 9.17) is 46.8 Å². The second kappa shape index (κ2) is 21.1. The number of nitrogens with one attached hydrogen (secondary N) is 1. The number of aryl methyl sites for hydroxylation is 1. The molecule has 0 atom stereocenters. The first-order valence-corrected chi connectivity index (χ1v) is 17.4. The van der Waals surface area contributed by atoms with Crippen LogP contribution in [0.3, 0.4) is 0 Å². The van der Waals surface area contributed by atoms with Crippen LogP contribution in [0.15, 0.2) is 72.9 Å². The van der Waals surface area contributed by atoms with Crippen molar-refractivity contribution < 1.29 is 46.8 Å². The summed E-state index contributed by atoms with van der Waals surface area (Å²) < 4.78 is 59.2. The fraction of sp³-hybridized carbons (Fsp3) is 0.308. The summed E-state index contributed by atoms with van der Waals surface area (Å²) in [6.07, 6.45) is 2.33. The number of nitrogens with two attached hydrogens (primary N) is 2. The van der Waals surface area contributed by atoms with Gasteiger partial charge in [0.1, 0.15) is 24.0 Å². The van der Waals surface area contributed by atoms with E-state index in [1.807, 2.05) is 0 Å². The second-order valence-electron chi connectivity index (χ2n) is 11.8. The lowest BCUT2D eigenvalue weighted by Crippen LogP contribution is -2.24. The van der Waals surface area contributed by atoms with Crippen LogP contribution in [0.1, 0.15) is 37.5 Å². The molecule has 15 heteroatoms. The van der Waals surface area contributed by atoms with E-state index >= 15 is 4.39 Å². The molecule has 3 aromatic carbocycles. The van der Waals surface area contributed by atoms with Crippen LogP contribution in [0.2, 0.25) is 5.02 Å². The first-order chi connectivity index (χ1) is 26.0. The number of nitrogens with zero attached hydrogens (tertiary/aromatic N) is 1. The maximum absolute atomic E-state index is 15.6. The molecule has 0 unspecified atom stereocenters. The summed E-state index contributed by atoms with van der Waals surface area (Å²) in [6.45, 7) is 5.44. The Bertz CT molecular complexity index is 1930. The van der Waals surface area contributed by atoms with Gasteiger partial charge in [0.05, 0.1) is 69.8 Å². The van der Waals surface area contributed by atoms with E-state index in [0.717, 1.165) is 18.2 Å². The molecule has 0 radical (unpaired) electrons. The minimum Gasteiger partial charge on any atom is -0.491 e. The average Bonchev–Trinajstić information content (AvgIpc) is 3.49. The summed E-state index contributed by atoms with van der Waals surface area (Å²) in [6, 6.07) is 14.4. The number of carbonyl (C=O) groups is 3. The predicted octanol–water partition coefficient (Wildman–Crippen LogP) is 4.82. The van der Waals surface area contributed by atoms with Gasteiger partial charge in [0.25, 0.3) is 5.91 Å². The molecule has 5 N–H and O–H groups in total. The SMILES string of the molecule is Cc1c(F)ccc(F)c1-c1c(C(=O)NC(=CC(N)=O)c2cccc(Cl)c2)cn(C)c1C(=O)c1ccc(OCCOCCOCCOCCOCCN)cc1. The number of ketones is 1. The quantitative estimate of drug-likeness (QED) is 0.0577. The fourth-order valence-electron chi connectivity index (χ4n) is 5.37. The number of primary amides is 1. The van der Waals surface area contributed by atoms with E-state index in [1.54, 1.807) is 30.3 Å². The van der Waals surface area contributed by atoms with Crippen LogP contribution in [0.25, 0.3) is 16.8 Å². The molecule has 0 fully saturated rings. The number of amides is 2. The number of rotatable bonds is 22. The van der Waals surface area contributed by atoms with Crippen molar-refractivity contribution in [3.05, 3.63) is 118 Å². The van der Waals surface area contributed by atoms with Gasteiger partial charge in [0, 0.05) is 47.6 Å². The number of ether oxygens (including phenoxy) is 5. The predicted molar refractivity (Wildman–Crippen MR) is 199 cm³/mol. The zero-order chi connectivity index (χ0) is 39.0. The Kier molecular flexibility index (Phi) is 16.3. The normalized spacial score (nSPS) is 11.5. The van der Waals surface area contributed by atoms with E-state index in [9.17, 15) is 18.8 Å². The van der Waals surface area contributed by atoms with Crippen molar-refractivity contribution in [2.75, 3.05) is 66.0 Å². The summed E-state index contributed by atoms with van der Waals surface area (Å²) in [5.74, 6) is -3.37. The Balaban J connectivity index is 1.45. The van der Waals surface area contributed by atoms with Crippen molar-refractivity contribution in [2.45, 2.75) is 6.92 Å². The van der Waals surface area contributed by atoms with Gasteiger partial charge in [-0.05, 0) is 66.6 Å². The molecule has 0 aliphatic rings. The van der Waals surface area contributed by atoms with Gasteiger partial charge in [-0.15, -0.1) is 0 Å². The summed E-state index contributed by atoms with van der Waals surface area (Å²) in [4.78, 5) is 39.9. The van der Waals surface area contributed by atoms with E-state index in [2.05, 4.69) is 5.32 Å². The van der Waals surface area contributed by atoms with Gasteiger partial charge < -0.3 is 45.0 Å². The van der Waals surface area contributed by atoms with Crippen LogP contribution in [-0.4, -0.2) is 88.2 Å². The molecule has 1 aromatic heterocycles. The molecule has 1 heterocycles. The number of hydrogen-bond donors (Lipinski definition) is 3. The van der Waals surface area contributed by atoms with Crippen molar-refractivity contribution in [2.24, 2.45) is 18.5 Å². The molecule has 0 aliphatic carbocycles. The van der Waals surface area contributed by atoms with Gasteiger partial charge in [-0.25, -0.2) is 8.78 Å². The maximum atomic E-state index is 15.6. The number of halogens is 3. The highest BCUT2D eigenvalue weighted by Crippen LogP contribution is 2.36. The molecule has 0 spiro atoms. The Labute approximate surface area is 316 Å². The molecule has 0 aliphatic heterocycles. The van der Waals surface area contributed by atoms with E-state index in [0.29, 0.717) is 75.7 Å². The molecule has 12 nitrogen and oxygen atoms in total. The van der Waals surface area contributed by atoms with E-state index in [1.165, 1.54) is 42.9 Å². The molecular formula is C39H43ClF2N4O8. The van der Waals surface area contributed by atoms with Gasteiger partial charge in [0.15, 0.2) is 0 Å². The van der Waals surface area contributed by atoms with Crippen LogP contribution < -0.4 is 21.5 Å². The lowest BCUT2D eigenvalue weighted by molar-refractivity contribution is -0.113. The molecule has 0 saturated heterocycles. The fourth-order valence-corrected chi connectivity index (χ4v) is 5.56. The van der Waals surface area contributed by atoms with Crippen molar-refractivity contribution in [1.29, 1.82) is 0 Å². The van der Waals surface area contributed by atoms with Crippen LogP contribution in [0, 0.1) is 18.6 Å². The Morgan fingerprint density at radius 2 is 1.39 bits per heavy atom. The molecule has 0 bridgehead atoms.